The van der Waals surface area contributed by atoms with Gasteiger partial charge in [-0.15, -0.1) is 0 Å². The molecule has 4 nitrogen and oxygen atoms in total. The maximum atomic E-state index is 11.5. The van der Waals surface area contributed by atoms with Gasteiger partial charge >= 0.3 is 5.97 Å². The number of hydrogen-bond donors (Lipinski definition) is 2. The predicted octanol–water partition coefficient (Wildman–Crippen LogP) is 4.13. The summed E-state index contributed by atoms with van der Waals surface area (Å²) in [5.41, 5.74) is 5.43. The number of aryl methyl sites for hydroxylation is 3. The Hall–Kier alpha value is -2.75. The molecule has 0 saturated heterocycles. The van der Waals surface area contributed by atoms with Crippen molar-refractivity contribution in [3.05, 3.63) is 47.2 Å². The Morgan fingerprint density at radius 3 is 2.59 bits per heavy atom. The number of nitrogens with one attached hydrogen (secondary N) is 1. The Labute approximate surface area is 127 Å². The number of carboxylic acids is 1. The zero-order valence-corrected chi connectivity index (χ0v) is 12.7. The molecule has 2 aromatic heterocycles. The van der Waals surface area contributed by atoms with E-state index in [0.717, 1.165) is 38.4 Å². The topological polar surface area (TPSA) is 58.0 Å². The summed E-state index contributed by atoms with van der Waals surface area (Å²) in [6, 6.07) is 10.3. The third-order valence-corrected chi connectivity index (χ3v) is 4.66. The average Bonchev–Trinajstić information content (AvgIpc) is 2.97. The van der Waals surface area contributed by atoms with E-state index in [4.69, 9.17) is 0 Å². The van der Waals surface area contributed by atoms with Gasteiger partial charge in [0.05, 0.1) is 5.52 Å². The highest BCUT2D eigenvalue weighted by molar-refractivity contribution is 6.15. The SMILES string of the molecule is Cc1c(C(=O)O)n(C)c2cc3c([nH]c4ccccc43)c(C)c12. The van der Waals surface area contributed by atoms with Crippen LogP contribution in [0.5, 0.6) is 0 Å². The lowest BCUT2D eigenvalue weighted by molar-refractivity contribution is 0.0686. The number of carbonyl (C=O) groups is 1. The number of benzene rings is 2. The van der Waals surface area contributed by atoms with E-state index in [2.05, 4.69) is 30.1 Å². The van der Waals surface area contributed by atoms with Crippen LogP contribution in [0.2, 0.25) is 0 Å². The molecule has 0 unspecified atom stereocenters. The first-order chi connectivity index (χ1) is 10.5. The van der Waals surface area contributed by atoms with Crippen LogP contribution in [-0.4, -0.2) is 20.6 Å². The van der Waals surface area contributed by atoms with Gasteiger partial charge in [0.2, 0.25) is 0 Å². The van der Waals surface area contributed by atoms with Crippen molar-refractivity contribution in [1.29, 1.82) is 0 Å². The summed E-state index contributed by atoms with van der Waals surface area (Å²) in [6.07, 6.45) is 0. The number of aromatic nitrogens is 2. The van der Waals surface area contributed by atoms with Crippen LogP contribution in [-0.2, 0) is 7.05 Å². The standard InChI is InChI=1S/C18H16N2O2/c1-9-15-10(2)17(18(21)22)20(3)14(15)8-12-11-6-4-5-7-13(11)19-16(9)12/h4-8,19H,1-3H3,(H,21,22). The summed E-state index contributed by atoms with van der Waals surface area (Å²) < 4.78 is 1.78. The number of carboxylic acid groups (broad SMARTS) is 1. The van der Waals surface area contributed by atoms with Crippen LogP contribution in [0.4, 0.5) is 0 Å². The highest BCUT2D eigenvalue weighted by Crippen LogP contribution is 2.36. The molecule has 0 fully saturated rings. The highest BCUT2D eigenvalue weighted by atomic mass is 16.4. The van der Waals surface area contributed by atoms with Crippen LogP contribution in [0.3, 0.4) is 0 Å². The van der Waals surface area contributed by atoms with Crippen molar-refractivity contribution in [3.63, 3.8) is 0 Å². The molecule has 0 saturated carbocycles. The van der Waals surface area contributed by atoms with E-state index in [-0.39, 0.29) is 0 Å². The van der Waals surface area contributed by atoms with Gasteiger partial charge in [-0.1, -0.05) is 18.2 Å². The number of para-hydroxylation sites is 1. The summed E-state index contributed by atoms with van der Waals surface area (Å²) in [4.78, 5) is 15.0. The van der Waals surface area contributed by atoms with Crippen molar-refractivity contribution in [2.24, 2.45) is 7.05 Å². The number of hydrogen-bond acceptors (Lipinski definition) is 1. The molecule has 0 radical (unpaired) electrons. The molecule has 4 aromatic rings. The third kappa shape index (κ3) is 1.44. The molecule has 2 aromatic carbocycles. The maximum absolute atomic E-state index is 11.5. The second-order valence-corrected chi connectivity index (χ2v) is 5.83. The van der Waals surface area contributed by atoms with Crippen LogP contribution in [0.1, 0.15) is 21.6 Å². The molecule has 110 valence electrons. The number of aromatic carboxylic acids is 1. The molecule has 22 heavy (non-hydrogen) atoms. The van der Waals surface area contributed by atoms with E-state index in [9.17, 15) is 9.90 Å². The van der Waals surface area contributed by atoms with Gasteiger partial charge in [-0.2, -0.15) is 0 Å². The Morgan fingerprint density at radius 1 is 1.14 bits per heavy atom. The largest absolute Gasteiger partial charge is 0.477 e. The van der Waals surface area contributed by atoms with Gasteiger partial charge in [0.1, 0.15) is 5.69 Å². The molecular weight excluding hydrogens is 276 g/mol. The fraction of sp³-hybridized carbons (Fsp3) is 0.167. The summed E-state index contributed by atoms with van der Waals surface area (Å²) in [6.45, 7) is 3.94. The smallest absolute Gasteiger partial charge is 0.352 e. The van der Waals surface area contributed by atoms with Gasteiger partial charge in [0.15, 0.2) is 0 Å². The van der Waals surface area contributed by atoms with E-state index in [1.54, 1.807) is 4.57 Å². The quantitative estimate of drug-likeness (QED) is 0.554. The number of rotatable bonds is 1. The molecule has 0 spiro atoms. The Balaban J connectivity index is 2.28. The molecule has 0 bridgehead atoms. The van der Waals surface area contributed by atoms with E-state index in [1.165, 1.54) is 5.39 Å². The predicted molar refractivity (Wildman–Crippen MR) is 88.7 cm³/mol. The molecule has 2 heterocycles. The summed E-state index contributed by atoms with van der Waals surface area (Å²) in [7, 11) is 1.82. The first-order valence-corrected chi connectivity index (χ1v) is 7.23. The van der Waals surface area contributed by atoms with Gasteiger partial charge in [0, 0.05) is 34.2 Å². The number of nitrogens with zero attached hydrogens (tertiary/aromatic N) is 1. The summed E-state index contributed by atoms with van der Waals surface area (Å²) in [5.74, 6) is -0.885. The minimum atomic E-state index is -0.885. The molecule has 0 aliphatic heterocycles. The van der Waals surface area contributed by atoms with Crippen molar-refractivity contribution in [3.8, 4) is 0 Å². The molecule has 0 aliphatic carbocycles. The van der Waals surface area contributed by atoms with Crippen molar-refractivity contribution < 1.29 is 9.90 Å². The molecule has 0 amide bonds. The number of H-pyrrole nitrogens is 1. The second-order valence-electron chi connectivity index (χ2n) is 5.83. The second kappa shape index (κ2) is 4.13. The first-order valence-electron chi connectivity index (χ1n) is 7.23. The van der Waals surface area contributed by atoms with Gasteiger partial charge in [-0.05, 0) is 37.1 Å². The van der Waals surface area contributed by atoms with Crippen molar-refractivity contribution in [1.82, 2.24) is 9.55 Å². The minimum Gasteiger partial charge on any atom is -0.477 e. The molecule has 4 rings (SSSR count). The van der Waals surface area contributed by atoms with Gasteiger partial charge in [0.25, 0.3) is 0 Å². The zero-order valence-electron chi connectivity index (χ0n) is 12.7. The van der Waals surface area contributed by atoms with Crippen LogP contribution in [0.15, 0.2) is 30.3 Å². The van der Waals surface area contributed by atoms with Gasteiger partial charge < -0.3 is 14.7 Å². The van der Waals surface area contributed by atoms with Crippen molar-refractivity contribution in [2.75, 3.05) is 0 Å². The van der Waals surface area contributed by atoms with Crippen LogP contribution in [0, 0.1) is 13.8 Å². The van der Waals surface area contributed by atoms with E-state index >= 15 is 0 Å². The lowest BCUT2D eigenvalue weighted by atomic mass is 10.0. The number of aromatic amines is 1. The molecular formula is C18H16N2O2. The maximum Gasteiger partial charge on any atom is 0.352 e. The number of fused-ring (bicyclic) bond motifs is 4. The van der Waals surface area contributed by atoms with Crippen LogP contribution < -0.4 is 0 Å². The van der Waals surface area contributed by atoms with Crippen molar-refractivity contribution in [2.45, 2.75) is 13.8 Å². The van der Waals surface area contributed by atoms with Gasteiger partial charge in [-0.25, -0.2) is 4.79 Å². The van der Waals surface area contributed by atoms with E-state index < -0.39 is 5.97 Å². The fourth-order valence-corrected chi connectivity index (χ4v) is 3.67. The zero-order chi connectivity index (χ0) is 15.6. The van der Waals surface area contributed by atoms with Crippen LogP contribution >= 0.6 is 0 Å². The minimum absolute atomic E-state index is 0.357. The highest BCUT2D eigenvalue weighted by Gasteiger charge is 2.21. The van der Waals surface area contributed by atoms with E-state index in [1.807, 2.05) is 26.1 Å². The summed E-state index contributed by atoms with van der Waals surface area (Å²) in [5, 5.41) is 12.8. The average molecular weight is 292 g/mol. The molecule has 2 N–H and O–H groups in total. The monoisotopic (exact) mass is 292 g/mol. The third-order valence-electron chi connectivity index (χ3n) is 4.66. The lowest BCUT2D eigenvalue weighted by Gasteiger charge is -2.03. The normalized spacial score (nSPS) is 11.8. The van der Waals surface area contributed by atoms with Crippen LogP contribution in [0.25, 0.3) is 32.7 Å². The Morgan fingerprint density at radius 2 is 1.86 bits per heavy atom. The fourth-order valence-electron chi connectivity index (χ4n) is 3.67. The first kappa shape index (κ1) is 13.0. The Bertz CT molecular complexity index is 1080. The van der Waals surface area contributed by atoms with Gasteiger partial charge in [-0.3, -0.25) is 0 Å². The van der Waals surface area contributed by atoms with Crippen molar-refractivity contribution >= 4 is 38.7 Å². The Kier molecular flexibility index (Phi) is 2.43. The van der Waals surface area contributed by atoms with E-state index in [0.29, 0.717) is 5.69 Å². The lowest BCUT2D eigenvalue weighted by Crippen LogP contribution is -2.05. The molecule has 4 heteroatoms. The summed E-state index contributed by atoms with van der Waals surface area (Å²) >= 11 is 0. The molecule has 0 atom stereocenters. The molecule has 0 aliphatic rings.